The van der Waals surface area contributed by atoms with Crippen molar-refractivity contribution in [2.24, 2.45) is 0 Å². The van der Waals surface area contributed by atoms with Gasteiger partial charge in [0.2, 0.25) is 0 Å². The number of imidazole rings is 1. The van der Waals surface area contributed by atoms with Gasteiger partial charge in [0.25, 0.3) is 0 Å². The molecule has 2 N–H and O–H groups in total. The fourth-order valence-electron chi connectivity index (χ4n) is 5.53. The van der Waals surface area contributed by atoms with Crippen LogP contribution in [0.15, 0.2) is 77.9 Å². The summed E-state index contributed by atoms with van der Waals surface area (Å²) in [4.78, 5) is 37.0. The van der Waals surface area contributed by atoms with Gasteiger partial charge in [-0.25, -0.2) is 14.6 Å². The molecule has 0 aliphatic carbocycles. The Labute approximate surface area is 240 Å². The average Bonchev–Trinajstić information content (AvgIpc) is 3.57. The van der Waals surface area contributed by atoms with Gasteiger partial charge in [-0.3, -0.25) is 19.0 Å². The third-order valence-corrected chi connectivity index (χ3v) is 7.54. The van der Waals surface area contributed by atoms with Crippen LogP contribution in [-0.2, 0) is 11.3 Å². The number of aromatic nitrogens is 4. The second-order valence-corrected chi connectivity index (χ2v) is 10.1. The highest BCUT2D eigenvalue weighted by Crippen LogP contribution is 2.34. The number of phenolic OH excluding ortho intramolecular Hbond substituents is 2. The van der Waals surface area contributed by atoms with Crippen LogP contribution in [0.4, 0.5) is 0 Å². The van der Waals surface area contributed by atoms with Gasteiger partial charge in [-0.1, -0.05) is 6.07 Å². The summed E-state index contributed by atoms with van der Waals surface area (Å²) in [6.45, 7) is 1.84. The number of aromatic hydroxyl groups is 2. The molecule has 1 atom stereocenters. The maximum atomic E-state index is 13.9. The summed E-state index contributed by atoms with van der Waals surface area (Å²) < 4.78 is 8.06. The molecule has 5 aromatic rings. The van der Waals surface area contributed by atoms with E-state index in [-0.39, 0.29) is 28.8 Å². The monoisotopic (exact) mass is 562 g/mol. The molecule has 11 heteroatoms. The highest BCUT2D eigenvalue weighted by Gasteiger charge is 2.29. The first-order valence-corrected chi connectivity index (χ1v) is 13.3. The van der Waals surface area contributed by atoms with Crippen LogP contribution in [0.5, 0.6) is 11.5 Å². The summed E-state index contributed by atoms with van der Waals surface area (Å²) in [6, 6.07) is 18.1. The first-order valence-electron chi connectivity index (χ1n) is 13.3. The maximum Gasteiger partial charge on any atom is 0.337 e. The number of fused-ring (bicyclic) bond motifs is 1. The first-order chi connectivity index (χ1) is 20.4. The van der Waals surface area contributed by atoms with Crippen molar-refractivity contribution in [2.45, 2.75) is 19.0 Å². The molecule has 1 aliphatic heterocycles. The molecule has 2 aromatic carbocycles. The number of nitrogens with zero attached hydrogens (tertiary/aromatic N) is 6. The van der Waals surface area contributed by atoms with E-state index in [1.54, 1.807) is 53.4 Å². The molecule has 0 amide bonds. The van der Waals surface area contributed by atoms with E-state index in [4.69, 9.17) is 4.74 Å². The summed E-state index contributed by atoms with van der Waals surface area (Å²) >= 11 is 0. The number of phenols is 2. The maximum absolute atomic E-state index is 13.9. The van der Waals surface area contributed by atoms with Crippen LogP contribution in [0.25, 0.3) is 28.0 Å². The quantitative estimate of drug-likeness (QED) is 0.295. The Hall–Kier alpha value is -5.47. The second kappa shape index (κ2) is 10.8. The second-order valence-electron chi connectivity index (χ2n) is 10.1. The Morgan fingerprint density at radius 3 is 2.71 bits per heavy atom. The summed E-state index contributed by atoms with van der Waals surface area (Å²) in [6.07, 6.45) is 3.95. The minimum Gasteiger partial charge on any atom is -0.507 e. The number of hydrogen-bond donors (Lipinski definition) is 2. The Bertz CT molecular complexity index is 1940. The Morgan fingerprint density at radius 1 is 1.07 bits per heavy atom. The van der Waals surface area contributed by atoms with Crippen LogP contribution in [-0.4, -0.2) is 60.4 Å². The number of methoxy groups -OCH3 is 1. The van der Waals surface area contributed by atoms with Crippen molar-refractivity contribution in [1.82, 2.24) is 24.0 Å². The lowest BCUT2D eigenvalue weighted by atomic mass is 10.0. The topological polar surface area (TPSA) is 146 Å². The summed E-state index contributed by atoms with van der Waals surface area (Å²) in [5, 5.41) is 30.0. The van der Waals surface area contributed by atoms with Crippen molar-refractivity contribution in [3.63, 3.8) is 0 Å². The molecule has 0 saturated carbocycles. The summed E-state index contributed by atoms with van der Waals surface area (Å²) in [5.41, 5.74) is 3.63. The van der Waals surface area contributed by atoms with Crippen LogP contribution in [0.1, 0.15) is 34.1 Å². The van der Waals surface area contributed by atoms with Gasteiger partial charge in [0.15, 0.2) is 5.65 Å². The average molecular weight is 563 g/mol. The predicted molar refractivity (Wildman–Crippen MR) is 153 cm³/mol. The number of carbonyl (C=O) groups is 1. The van der Waals surface area contributed by atoms with Gasteiger partial charge in [0.05, 0.1) is 41.2 Å². The number of benzene rings is 2. The van der Waals surface area contributed by atoms with E-state index in [9.17, 15) is 25.1 Å². The Kier molecular flexibility index (Phi) is 6.90. The number of rotatable bonds is 6. The van der Waals surface area contributed by atoms with E-state index in [1.807, 2.05) is 12.1 Å². The lowest BCUT2D eigenvalue weighted by molar-refractivity contribution is 0.0600. The molecular formula is C31H26N6O5. The largest absolute Gasteiger partial charge is 0.507 e. The van der Waals surface area contributed by atoms with Gasteiger partial charge in [0.1, 0.15) is 17.6 Å². The molecule has 0 bridgehead atoms. The predicted octanol–water partition coefficient (Wildman–Crippen LogP) is 3.77. The van der Waals surface area contributed by atoms with Crippen LogP contribution in [0, 0.1) is 11.3 Å². The third-order valence-electron chi connectivity index (χ3n) is 7.54. The number of esters is 1. The van der Waals surface area contributed by atoms with E-state index in [0.29, 0.717) is 46.6 Å². The Morgan fingerprint density at radius 2 is 1.93 bits per heavy atom. The SMILES string of the molecule is COC(=O)c1ccnc(CN2CC[C@H](n3c(=O)n(-c4ccc(-c5ccc(O)c(C#N)c5)c(O)c4)c4cccnc43)C2)c1. The molecule has 11 nitrogen and oxygen atoms in total. The van der Waals surface area contributed by atoms with E-state index in [2.05, 4.69) is 14.9 Å². The van der Waals surface area contributed by atoms with Gasteiger partial charge >= 0.3 is 11.7 Å². The molecule has 3 aromatic heterocycles. The summed E-state index contributed by atoms with van der Waals surface area (Å²) in [7, 11) is 1.34. The van der Waals surface area contributed by atoms with Crippen molar-refractivity contribution >= 4 is 17.1 Å². The zero-order chi connectivity index (χ0) is 29.4. The highest BCUT2D eigenvalue weighted by atomic mass is 16.5. The zero-order valence-electron chi connectivity index (χ0n) is 22.6. The highest BCUT2D eigenvalue weighted by molar-refractivity contribution is 5.89. The molecule has 6 rings (SSSR count). The number of ether oxygens (including phenoxy) is 1. The molecule has 1 fully saturated rings. The van der Waals surface area contributed by atoms with Crippen molar-refractivity contribution in [3.8, 4) is 34.4 Å². The fraction of sp³-hybridized carbons (Fsp3) is 0.194. The number of hydrogen-bond acceptors (Lipinski definition) is 9. The van der Waals surface area contributed by atoms with E-state index >= 15 is 0 Å². The number of carbonyl (C=O) groups excluding carboxylic acids is 1. The van der Waals surface area contributed by atoms with Gasteiger partial charge in [-0.2, -0.15) is 5.26 Å². The van der Waals surface area contributed by atoms with Crippen molar-refractivity contribution in [2.75, 3.05) is 20.2 Å². The number of pyridine rings is 2. The van der Waals surface area contributed by atoms with Crippen LogP contribution in [0.2, 0.25) is 0 Å². The first kappa shape index (κ1) is 26.7. The smallest absolute Gasteiger partial charge is 0.337 e. The standard InChI is InChI=1S/C31H26N6O5/c1-42-30(40)20-8-11-33-22(14-20)17-35-12-9-24(18-35)37-29-26(3-2-10-34-29)36(31(37)41)23-5-6-25(28(39)15-23)19-4-7-27(38)21(13-19)16-32/h2-8,10-11,13-15,24,38-39H,9,12,17-18H2,1H3/t24-/m0/s1. The number of likely N-dealkylation sites (tertiary alicyclic amines) is 1. The zero-order valence-corrected chi connectivity index (χ0v) is 22.6. The third kappa shape index (κ3) is 4.74. The van der Waals surface area contributed by atoms with Gasteiger partial charge in [0, 0.05) is 43.7 Å². The van der Waals surface area contributed by atoms with Crippen LogP contribution in [0.3, 0.4) is 0 Å². The van der Waals surface area contributed by atoms with Crippen molar-refractivity contribution < 1.29 is 19.7 Å². The van der Waals surface area contributed by atoms with E-state index in [0.717, 1.165) is 18.7 Å². The molecule has 1 aliphatic rings. The molecule has 210 valence electrons. The number of nitriles is 1. The summed E-state index contributed by atoms with van der Waals surface area (Å²) in [5.74, 6) is -0.634. The van der Waals surface area contributed by atoms with Crippen molar-refractivity contribution in [3.05, 3.63) is 100 Å². The lowest BCUT2D eigenvalue weighted by Gasteiger charge is -2.16. The molecule has 4 heterocycles. The molecule has 0 radical (unpaired) electrons. The van der Waals surface area contributed by atoms with E-state index in [1.165, 1.54) is 29.9 Å². The minimum atomic E-state index is -0.419. The van der Waals surface area contributed by atoms with Crippen molar-refractivity contribution in [1.29, 1.82) is 5.26 Å². The molecule has 0 unspecified atom stereocenters. The van der Waals surface area contributed by atoms with Crippen LogP contribution >= 0.6 is 0 Å². The molecule has 1 saturated heterocycles. The molecular weight excluding hydrogens is 536 g/mol. The van der Waals surface area contributed by atoms with Gasteiger partial charge in [-0.05, 0) is 60.5 Å². The minimum absolute atomic E-state index is 0.0764. The van der Waals surface area contributed by atoms with Gasteiger partial charge in [-0.15, -0.1) is 0 Å². The normalized spacial score (nSPS) is 15.1. The molecule has 0 spiro atoms. The van der Waals surface area contributed by atoms with E-state index < -0.39 is 5.97 Å². The Balaban J connectivity index is 1.32. The van der Waals surface area contributed by atoms with Crippen LogP contribution < -0.4 is 5.69 Å². The molecule has 42 heavy (non-hydrogen) atoms. The fourth-order valence-corrected chi connectivity index (χ4v) is 5.53. The van der Waals surface area contributed by atoms with Gasteiger partial charge < -0.3 is 14.9 Å². The lowest BCUT2D eigenvalue weighted by Crippen LogP contribution is -2.29.